The molecule has 5 rings (SSSR count). The number of hydrogen-bond donors (Lipinski definition) is 1. The fourth-order valence-electron chi connectivity index (χ4n) is 3.48. The maximum absolute atomic E-state index is 10.1. The average Bonchev–Trinajstić information content (AvgIpc) is 3.45. The topological polar surface area (TPSA) is 129 Å². The van der Waals surface area contributed by atoms with Gasteiger partial charge in [0.25, 0.3) is 5.89 Å². The minimum absolute atomic E-state index is 0.163. The minimum atomic E-state index is -1.20. The highest BCUT2D eigenvalue weighted by Crippen LogP contribution is 2.31. The van der Waals surface area contributed by atoms with Crippen LogP contribution in [0, 0.1) is 6.92 Å². The third kappa shape index (κ3) is 3.19. The Hall–Kier alpha value is -3.86. The Labute approximate surface area is 176 Å². The lowest BCUT2D eigenvalue weighted by molar-refractivity contribution is 0.0420. The molecule has 158 valence electrons. The Morgan fingerprint density at radius 1 is 1.23 bits per heavy atom. The van der Waals surface area contributed by atoms with Gasteiger partial charge in [0.05, 0.1) is 19.2 Å². The van der Waals surface area contributed by atoms with Crippen LogP contribution < -0.4 is 4.74 Å². The van der Waals surface area contributed by atoms with E-state index in [9.17, 15) is 5.11 Å². The van der Waals surface area contributed by atoms with Crippen LogP contribution in [0.4, 0.5) is 0 Å². The van der Waals surface area contributed by atoms with E-state index in [4.69, 9.17) is 9.26 Å². The zero-order valence-electron chi connectivity index (χ0n) is 17.4. The number of hydrogen-bond acceptors (Lipinski definition) is 9. The zero-order valence-corrected chi connectivity index (χ0v) is 17.4. The summed E-state index contributed by atoms with van der Waals surface area (Å²) in [5, 5.41) is 18.3. The molecule has 11 nitrogen and oxygen atoms in total. The smallest absolute Gasteiger partial charge is 0.258 e. The lowest BCUT2D eigenvalue weighted by Gasteiger charge is -2.09. The SMILES string of the molecule is COc1ncnn2ccc(-c3cnc4nc(C)n(Cc5noc(C(C)(C)O)n5)c4c3)c12. The standard InChI is InChI=1S/C20H20N8O3/c1-11-24-17-14(27(11)9-15-25-19(31-26-15)20(2,3)29)7-12(8-21-17)13-5-6-28-16(13)18(30-4)22-10-23-28/h5-8,10,29H,9H2,1-4H3. The van der Waals surface area contributed by atoms with Gasteiger partial charge < -0.3 is 18.9 Å². The molecule has 0 aromatic carbocycles. The highest BCUT2D eigenvalue weighted by Gasteiger charge is 2.24. The quantitative estimate of drug-likeness (QED) is 0.454. The van der Waals surface area contributed by atoms with Crippen LogP contribution in [0.15, 0.2) is 35.4 Å². The molecule has 5 heterocycles. The Morgan fingerprint density at radius 3 is 2.81 bits per heavy atom. The van der Waals surface area contributed by atoms with E-state index in [2.05, 4.69) is 30.2 Å². The van der Waals surface area contributed by atoms with Crippen molar-refractivity contribution in [2.45, 2.75) is 32.9 Å². The largest absolute Gasteiger partial charge is 0.479 e. The summed E-state index contributed by atoms with van der Waals surface area (Å²) >= 11 is 0. The second-order valence-electron chi connectivity index (χ2n) is 7.68. The lowest BCUT2D eigenvalue weighted by Crippen LogP contribution is -2.16. The van der Waals surface area contributed by atoms with E-state index in [1.165, 1.54) is 6.33 Å². The van der Waals surface area contributed by atoms with Crippen LogP contribution in [0.3, 0.4) is 0 Å². The minimum Gasteiger partial charge on any atom is -0.479 e. The maximum Gasteiger partial charge on any atom is 0.258 e. The molecule has 31 heavy (non-hydrogen) atoms. The Bertz CT molecular complexity index is 1410. The normalized spacial score (nSPS) is 12.2. The number of aryl methyl sites for hydroxylation is 1. The number of fused-ring (bicyclic) bond motifs is 2. The van der Waals surface area contributed by atoms with Gasteiger partial charge in [0, 0.05) is 23.5 Å². The first kappa shape index (κ1) is 19.1. The lowest BCUT2D eigenvalue weighted by atomic mass is 10.1. The van der Waals surface area contributed by atoms with Crippen molar-refractivity contribution in [3.8, 4) is 17.0 Å². The van der Waals surface area contributed by atoms with E-state index in [1.54, 1.807) is 31.7 Å². The van der Waals surface area contributed by atoms with Gasteiger partial charge in [0.1, 0.15) is 23.3 Å². The molecule has 0 bridgehead atoms. The Kier molecular flexibility index (Phi) is 4.22. The van der Waals surface area contributed by atoms with Crippen molar-refractivity contribution in [3.63, 3.8) is 0 Å². The first-order valence-corrected chi connectivity index (χ1v) is 9.60. The number of aromatic nitrogens is 8. The van der Waals surface area contributed by atoms with E-state index in [1.807, 2.05) is 29.8 Å². The summed E-state index contributed by atoms with van der Waals surface area (Å²) in [6.07, 6.45) is 5.06. The van der Waals surface area contributed by atoms with Crippen LogP contribution in [0.2, 0.25) is 0 Å². The Morgan fingerprint density at radius 2 is 2.06 bits per heavy atom. The number of imidazole rings is 1. The van der Waals surface area contributed by atoms with Crippen molar-refractivity contribution in [2.24, 2.45) is 0 Å². The number of nitrogens with zero attached hydrogens (tertiary/aromatic N) is 8. The third-order valence-electron chi connectivity index (χ3n) is 5.01. The van der Waals surface area contributed by atoms with Gasteiger partial charge in [-0.15, -0.1) is 0 Å². The summed E-state index contributed by atoms with van der Waals surface area (Å²) in [5.74, 6) is 1.84. The van der Waals surface area contributed by atoms with Gasteiger partial charge in [0.15, 0.2) is 11.5 Å². The number of rotatable bonds is 5. The zero-order chi connectivity index (χ0) is 21.8. The van der Waals surface area contributed by atoms with Gasteiger partial charge in [-0.3, -0.25) is 0 Å². The molecule has 0 radical (unpaired) electrons. The summed E-state index contributed by atoms with van der Waals surface area (Å²) in [5.41, 5.74) is 2.74. The van der Waals surface area contributed by atoms with Crippen molar-refractivity contribution >= 4 is 16.7 Å². The van der Waals surface area contributed by atoms with Crippen molar-refractivity contribution in [3.05, 3.63) is 48.4 Å². The highest BCUT2D eigenvalue weighted by molar-refractivity contribution is 5.87. The van der Waals surface area contributed by atoms with Gasteiger partial charge in [-0.05, 0) is 32.9 Å². The van der Waals surface area contributed by atoms with Crippen LogP contribution in [-0.4, -0.2) is 51.5 Å². The summed E-state index contributed by atoms with van der Waals surface area (Å²) in [4.78, 5) is 17.6. The second-order valence-corrected chi connectivity index (χ2v) is 7.68. The molecule has 5 aromatic heterocycles. The molecule has 0 unspecified atom stereocenters. The predicted molar refractivity (Wildman–Crippen MR) is 109 cm³/mol. The predicted octanol–water partition coefficient (Wildman–Crippen LogP) is 2.12. The number of pyridine rings is 1. The van der Waals surface area contributed by atoms with E-state index < -0.39 is 5.60 Å². The fourth-order valence-corrected chi connectivity index (χ4v) is 3.48. The maximum atomic E-state index is 10.1. The number of aliphatic hydroxyl groups is 1. The second kappa shape index (κ2) is 6.84. The van der Waals surface area contributed by atoms with Gasteiger partial charge in [-0.2, -0.15) is 15.1 Å². The van der Waals surface area contributed by atoms with Crippen LogP contribution in [0.5, 0.6) is 5.88 Å². The van der Waals surface area contributed by atoms with Crippen molar-refractivity contribution < 1.29 is 14.4 Å². The summed E-state index contributed by atoms with van der Waals surface area (Å²) in [6.45, 7) is 5.41. The van der Waals surface area contributed by atoms with Crippen LogP contribution in [0.1, 0.15) is 31.4 Å². The van der Waals surface area contributed by atoms with Crippen LogP contribution in [-0.2, 0) is 12.1 Å². The van der Waals surface area contributed by atoms with E-state index in [-0.39, 0.29) is 5.89 Å². The molecule has 0 amide bonds. The van der Waals surface area contributed by atoms with Gasteiger partial charge >= 0.3 is 0 Å². The molecule has 1 N–H and O–H groups in total. The molecule has 0 atom stereocenters. The average molecular weight is 420 g/mol. The molecule has 0 fully saturated rings. The number of ether oxygens (including phenoxy) is 1. The summed E-state index contributed by atoms with van der Waals surface area (Å²) in [6, 6.07) is 3.94. The van der Waals surface area contributed by atoms with Crippen LogP contribution in [0.25, 0.3) is 27.8 Å². The van der Waals surface area contributed by atoms with Crippen molar-refractivity contribution in [2.75, 3.05) is 7.11 Å². The molecular weight excluding hydrogens is 400 g/mol. The van der Waals surface area contributed by atoms with E-state index in [0.717, 1.165) is 28.0 Å². The molecule has 11 heteroatoms. The van der Waals surface area contributed by atoms with Gasteiger partial charge in [0.2, 0.25) is 5.88 Å². The Balaban J connectivity index is 1.60. The first-order valence-electron chi connectivity index (χ1n) is 9.60. The molecule has 0 aliphatic heterocycles. The van der Waals surface area contributed by atoms with Gasteiger partial charge in [-0.25, -0.2) is 14.5 Å². The fraction of sp³-hybridized carbons (Fsp3) is 0.300. The first-order chi connectivity index (χ1) is 14.8. The molecule has 5 aromatic rings. The molecule has 0 saturated carbocycles. The van der Waals surface area contributed by atoms with E-state index in [0.29, 0.717) is 23.9 Å². The molecule has 0 aliphatic carbocycles. The van der Waals surface area contributed by atoms with Crippen LogP contribution >= 0.6 is 0 Å². The summed E-state index contributed by atoms with van der Waals surface area (Å²) < 4.78 is 14.3. The molecule has 0 spiro atoms. The number of methoxy groups -OCH3 is 1. The third-order valence-corrected chi connectivity index (χ3v) is 5.01. The van der Waals surface area contributed by atoms with Gasteiger partial charge in [-0.1, -0.05) is 5.16 Å². The van der Waals surface area contributed by atoms with E-state index >= 15 is 0 Å². The highest BCUT2D eigenvalue weighted by atomic mass is 16.5. The summed E-state index contributed by atoms with van der Waals surface area (Å²) in [7, 11) is 1.58. The monoisotopic (exact) mass is 420 g/mol. The molecular formula is C20H20N8O3. The molecule has 0 aliphatic rings. The molecule has 0 saturated heterocycles. The van der Waals surface area contributed by atoms with Crippen molar-refractivity contribution in [1.82, 2.24) is 39.3 Å². The van der Waals surface area contributed by atoms with Crippen molar-refractivity contribution in [1.29, 1.82) is 0 Å².